The third-order valence-electron chi connectivity index (χ3n) is 5.47. The summed E-state index contributed by atoms with van der Waals surface area (Å²) >= 11 is 0. The Hall–Kier alpha value is -2.05. The molecule has 0 aromatic heterocycles. The van der Waals surface area contributed by atoms with Crippen LogP contribution in [0.5, 0.6) is 0 Å². The number of alkyl halides is 3. The van der Waals surface area contributed by atoms with Crippen molar-refractivity contribution in [3.63, 3.8) is 0 Å². The van der Waals surface area contributed by atoms with E-state index in [0.717, 1.165) is 12.1 Å². The van der Waals surface area contributed by atoms with Gasteiger partial charge in [0.25, 0.3) is 0 Å². The number of nitrogens with zero attached hydrogens (tertiary/aromatic N) is 1. The van der Waals surface area contributed by atoms with Gasteiger partial charge in [-0.15, -0.1) is 0 Å². The lowest BCUT2D eigenvalue weighted by Gasteiger charge is -2.35. The van der Waals surface area contributed by atoms with E-state index in [2.05, 4.69) is 5.32 Å². The van der Waals surface area contributed by atoms with Crippen LogP contribution in [0.15, 0.2) is 24.3 Å². The van der Waals surface area contributed by atoms with E-state index in [9.17, 15) is 22.8 Å². The summed E-state index contributed by atoms with van der Waals surface area (Å²) in [7, 11) is 0. The summed E-state index contributed by atoms with van der Waals surface area (Å²) in [6, 6.07) is 5.23. The fraction of sp³-hybridized carbons (Fsp3) is 0.636. The summed E-state index contributed by atoms with van der Waals surface area (Å²) in [5.74, 6) is -0.203. The molecule has 0 bridgehead atoms. The molecule has 0 unspecified atom stereocenters. The molecule has 1 aliphatic heterocycles. The van der Waals surface area contributed by atoms with Gasteiger partial charge in [0.05, 0.1) is 5.56 Å². The molecule has 1 fully saturated rings. The lowest BCUT2D eigenvalue weighted by Crippen LogP contribution is -2.47. The average molecular weight is 412 g/mol. The number of amides is 2. The van der Waals surface area contributed by atoms with Crippen LogP contribution < -0.4 is 5.32 Å². The fourth-order valence-corrected chi connectivity index (χ4v) is 3.49. The molecular weight excluding hydrogens is 381 g/mol. The second-order valence-electron chi connectivity index (χ2n) is 9.50. The molecule has 162 valence electrons. The zero-order valence-electron chi connectivity index (χ0n) is 17.8. The number of carbonyl (C=O) groups excluding carboxylic acids is 2. The molecule has 4 nitrogen and oxygen atoms in total. The SMILES string of the molecule is CC(C)(C)C(=O)N1CCC(C(=O)NCC(C)(C)c2cccc(C(F)(F)F)c2)CC1. The first-order valence-corrected chi connectivity index (χ1v) is 9.96. The van der Waals surface area contributed by atoms with Gasteiger partial charge < -0.3 is 10.2 Å². The van der Waals surface area contributed by atoms with Crippen LogP contribution in [0.2, 0.25) is 0 Å². The van der Waals surface area contributed by atoms with Gasteiger partial charge in [-0.1, -0.05) is 52.8 Å². The summed E-state index contributed by atoms with van der Waals surface area (Å²) < 4.78 is 38.9. The first-order valence-electron chi connectivity index (χ1n) is 9.96. The monoisotopic (exact) mass is 412 g/mol. The molecule has 1 aliphatic rings. The standard InChI is InChI=1S/C22H31F3N2O2/c1-20(2,3)19(29)27-11-9-15(10-12-27)18(28)26-14-21(4,5)16-7-6-8-17(13-16)22(23,24)25/h6-8,13,15H,9-12,14H2,1-5H3,(H,26,28). The smallest absolute Gasteiger partial charge is 0.355 e. The molecule has 7 heteroatoms. The highest BCUT2D eigenvalue weighted by Crippen LogP contribution is 2.32. The van der Waals surface area contributed by atoms with Crippen molar-refractivity contribution >= 4 is 11.8 Å². The van der Waals surface area contributed by atoms with E-state index < -0.39 is 22.6 Å². The summed E-state index contributed by atoms with van der Waals surface area (Å²) in [6.45, 7) is 10.6. The normalized spacial score (nSPS) is 16.6. The summed E-state index contributed by atoms with van der Waals surface area (Å²) in [4.78, 5) is 26.7. The third kappa shape index (κ3) is 5.97. The van der Waals surface area contributed by atoms with Gasteiger partial charge >= 0.3 is 6.18 Å². The van der Waals surface area contributed by atoms with Crippen molar-refractivity contribution in [1.82, 2.24) is 10.2 Å². The van der Waals surface area contributed by atoms with Crippen molar-refractivity contribution in [2.45, 2.75) is 59.1 Å². The molecule has 1 heterocycles. The predicted molar refractivity (Wildman–Crippen MR) is 106 cm³/mol. The molecule has 1 saturated heterocycles. The zero-order valence-corrected chi connectivity index (χ0v) is 17.8. The van der Waals surface area contributed by atoms with Crippen molar-refractivity contribution in [3.05, 3.63) is 35.4 Å². The molecule has 0 spiro atoms. The first kappa shape index (κ1) is 23.2. The topological polar surface area (TPSA) is 49.4 Å². The van der Waals surface area contributed by atoms with Crippen molar-refractivity contribution in [2.75, 3.05) is 19.6 Å². The summed E-state index contributed by atoms with van der Waals surface area (Å²) in [6.07, 6.45) is -3.21. The van der Waals surface area contributed by atoms with E-state index in [-0.39, 0.29) is 24.3 Å². The number of rotatable bonds is 4. The number of piperidine rings is 1. The average Bonchev–Trinajstić information content (AvgIpc) is 2.64. The Kier molecular flexibility index (Phi) is 6.70. The van der Waals surface area contributed by atoms with E-state index in [1.165, 1.54) is 6.07 Å². The van der Waals surface area contributed by atoms with Crippen molar-refractivity contribution in [1.29, 1.82) is 0 Å². The summed E-state index contributed by atoms with van der Waals surface area (Å²) in [5, 5.41) is 2.90. The highest BCUT2D eigenvalue weighted by Gasteiger charge is 2.34. The van der Waals surface area contributed by atoms with Crippen molar-refractivity contribution in [3.8, 4) is 0 Å². The molecule has 29 heavy (non-hydrogen) atoms. The van der Waals surface area contributed by atoms with Crippen LogP contribution in [0.1, 0.15) is 58.6 Å². The van der Waals surface area contributed by atoms with Crippen molar-refractivity contribution in [2.24, 2.45) is 11.3 Å². The minimum Gasteiger partial charge on any atom is -0.355 e. The van der Waals surface area contributed by atoms with Crippen LogP contribution in [0.25, 0.3) is 0 Å². The maximum absolute atomic E-state index is 13.0. The number of likely N-dealkylation sites (tertiary alicyclic amines) is 1. The number of benzene rings is 1. The predicted octanol–water partition coefficient (Wildman–Crippen LogP) is 4.38. The van der Waals surface area contributed by atoms with Gasteiger partial charge in [-0.3, -0.25) is 9.59 Å². The van der Waals surface area contributed by atoms with Gasteiger partial charge in [0.15, 0.2) is 0 Å². The highest BCUT2D eigenvalue weighted by atomic mass is 19.4. The van der Waals surface area contributed by atoms with E-state index in [1.807, 2.05) is 34.6 Å². The van der Waals surface area contributed by atoms with Crippen LogP contribution >= 0.6 is 0 Å². The number of carbonyl (C=O) groups is 2. The number of nitrogens with one attached hydrogen (secondary N) is 1. The molecule has 0 aliphatic carbocycles. The molecule has 2 rings (SSSR count). The van der Waals surface area contributed by atoms with Gasteiger partial charge in [0.1, 0.15) is 0 Å². The second kappa shape index (κ2) is 8.36. The Morgan fingerprint density at radius 2 is 1.59 bits per heavy atom. The Morgan fingerprint density at radius 1 is 1.03 bits per heavy atom. The second-order valence-corrected chi connectivity index (χ2v) is 9.50. The van der Waals surface area contributed by atoms with Crippen molar-refractivity contribution < 1.29 is 22.8 Å². The maximum atomic E-state index is 13.0. The van der Waals surface area contributed by atoms with Crippen LogP contribution in [-0.2, 0) is 21.2 Å². The Labute approximate surface area is 170 Å². The molecule has 1 N–H and O–H groups in total. The first-order chi connectivity index (χ1) is 13.2. The van der Waals surface area contributed by atoms with E-state index in [1.54, 1.807) is 11.0 Å². The maximum Gasteiger partial charge on any atom is 0.416 e. The Morgan fingerprint density at radius 3 is 2.10 bits per heavy atom. The van der Waals surface area contributed by atoms with Crippen LogP contribution in [-0.4, -0.2) is 36.3 Å². The molecule has 2 amide bonds. The largest absolute Gasteiger partial charge is 0.416 e. The Bertz CT molecular complexity index is 743. The Balaban J connectivity index is 1.93. The fourth-order valence-electron chi connectivity index (χ4n) is 3.49. The highest BCUT2D eigenvalue weighted by molar-refractivity contribution is 5.82. The van der Waals surface area contributed by atoms with E-state index in [0.29, 0.717) is 31.5 Å². The summed E-state index contributed by atoms with van der Waals surface area (Å²) in [5.41, 5.74) is -1.24. The van der Waals surface area contributed by atoms with Gasteiger partial charge in [0, 0.05) is 36.4 Å². The molecule has 1 aromatic carbocycles. The van der Waals surface area contributed by atoms with E-state index in [4.69, 9.17) is 0 Å². The molecule has 0 atom stereocenters. The van der Waals surface area contributed by atoms with Gasteiger partial charge in [-0.05, 0) is 24.5 Å². The molecule has 0 radical (unpaired) electrons. The minimum atomic E-state index is -4.40. The molecule has 1 aromatic rings. The lowest BCUT2D eigenvalue weighted by atomic mass is 9.83. The van der Waals surface area contributed by atoms with Gasteiger partial charge in [0.2, 0.25) is 11.8 Å². The quantitative estimate of drug-likeness (QED) is 0.798. The van der Waals surface area contributed by atoms with Gasteiger partial charge in [-0.2, -0.15) is 13.2 Å². The zero-order chi connectivity index (χ0) is 22.0. The minimum absolute atomic E-state index is 0.0852. The van der Waals surface area contributed by atoms with Crippen LogP contribution in [0.3, 0.4) is 0 Å². The number of hydrogen-bond acceptors (Lipinski definition) is 2. The molecular formula is C22H31F3N2O2. The van der Waals surface area contributed by atoms with Gasteiger partial charge in [-0.25, -0.2) is 0 Å². The van der Waals surface area contributed by atoms with E-state index >= 15 is 0 Å². The lowest BCUT2D eigenvalue weighted by molar-refractivity contribution is -0.142. The third-order valence-corrected chi connectivity index (χ3v) is 5.47. The number of halogens is 3. The number of hydrogen-bond donors (Lipinski definition) is 1. The van der Waals surface area contributed by atoms with Crippen LogP contribution in [0.4, 0.5) is 13.2 Å². The van der Waals surface area contributed by atoms with Crippen LogP contribution in [0, 0.1) is 11.3 Å². The molecule has 0 saturated carbocycles.